The average Bonchev–Trinajstić information content (AvgIpc) is 2.96. The highest BCUT2D eigenvalue weighted by atomic mass is 35.5. The molecule has 0 aromatic rings. The van der Waals surface area contributed by atoms with Gasteiger partial charge in [0.1, 0.15) is 9.75 Å². The van der Waals surface area contributed by atoms with Crippen molar-refractivity contribution in [2.75, 3.05) is 14.2 Å². The van der Waals surface area contributed by atoms with Gasteiger partial charge in [-0.25, -0.2) is 0 Å². The minimum atomic E-state index is -2.20. The van der Waals surface area contributed by atoms with Crippen molar-refractivity contribution in [3.05, 3.63) is 22.2 Å². The van der Waals surface area contributed by atoms with E-state index in [1.54, 1.807) is 0 Å². The Kier molecular flexibility index (Phi) is 7.80. The summed E-state index contributed by atoms with van der Waals surface area (Å²) in [5.74, 6) is -2.26. The van der Waals surface area contributed by atoms with E-state index in [0.717, 1.165) is 0 Å². The molecule has 6 atom stereocenters. The van der Waals surface area contributed by atoms with E-state index in [9.17, 15) is 0 Å². The van der Waals surface area contributed by atoms with Crippen LogP contribution in [0.2, 0.25) is 36.3 Å². The molecule has 4 nitrogen and oxygen atoms in total. The van der Waals surface area contributed by atoms with Gasteiger partial charge < -0.3 is 18.3 Å². The fourth-order valence-corrected chi connectivity index (χ4v) is 10.1. The molecule has 0 saturated heterocycles. The molecular formula is C25H42Cl4O4Si2. The third-order valence-electron chi connectivity index (χ3n) is 9.34. The summed E-state index contributed by atoms with van der Waals surface area (Å²) in [6, 6.07) is 0. The maximum Gasteiger partial charge on any atom is 0.217 e. The number of ether oxygens (including phenoxy) is 2. The second kappa shape index (κ2) is 8.97. The van der Waals surface area contributed by atoms with Gasteiger partial charge in [-0.3, -0.25) is 0 Å². The number of methoxy groups -OCH3 is 2. The molecule has 0 aromatic heterocycles. The molecule has 2 bridgehead atoms. The Bertz CT molecular complexity index is 851. The summed E-state index contributed by atoms with van der Waals surface area (Å²) >= 11 is 28.9. The molecule has 3 aliphatic rings. The van der Waals surface area contributed by atoms with Crippen molar-refractivity contribution in [2.45, 2.75) is 106 Å². The molecule has 0 amide bonds. The summed E-state index contributed by atoms with van der Waals surface area (Å²) in [4.78, 5) is -2.71. The Morgan fingerprint density at radius 2 is 0.971 bits per heavy atom. The van der Waals surface area contributed by atoms with Crippen LogP contribution < -0.4 is 0 Å². The Balaban J connectivity index is 2.25. The standard InChI is InChI=1S/C25H42Cl4O4Si2/c1-21(2,3)34(9,10)32-15-13-14-16(33-35(11,12)22(4,5)6)18-17(15)23(28)19(26)20(27)24(18,29)25(23,30-7)31-8/h13-18H,1-12H3/t15-,16+,17-,18+,23-,24+. The Morgan fingerprint density at radius 3 is 1.20 bits per heavy atom. The SMILES string of the molecule is COC1(OC)[C@@]2(Cl)C(Cl)=C(Cl)[C@]1(Cl)[C@H]1[C@@H]2[C@@H](O[Si](C)(C)C(C)(C)C)C=C[C@H]1O[Si](C)(C)C(C)(C)C. The second-order valence-corrected chi connectivity index (χ2v) is 24.7. The molecule has 35 heavy (non-hydrogen) atoms. The molecule has 3 rings (SSSR count). The second-order valence-electron chi connectivity index (χ2n) is 13.2. The number of rotatable bonds is 6. The zero-order valence-electron chi connectivity index (χ0n) is 23.1. The number of hydrogen-bond acceptors (Lipinski definition) is 4. The van der Waals surface area contributed by atoms with Crippen LogP contribution in [0.5, 0.6) is 0 Å². The maximum atomic E-state index is 7.54. The summed E-state index contributed by atoms with van der Waals surface area (Å²) in [5, 5.41) is 0.506. The highest BCUT2D eigenvalue weighted by Gasteiger charge is 2.87. The molecular weight excluding hydrogens is 562 g/mol. The van der Waals surface area contributed by atoms with Gasteiger partial charge in [0.2, 0.25) is 5.79 Å². The van der Waals surface area contributed by atoms with Crippen LogP contribution in [-0.4, -0.2) is 58.6 Å². The number of alkyl halides is 2. The molecule has 10 heteroatoms. The summed E-state index contributed by atoms with van der Waals surface area (Å²) in [7, 11) is -1.33. The summed E-state index contributed by atoms with van der Waals surface area (Å²) in [6.07, 6.45) is 3.44. The monoisotopic (exact) mass is 602 g/mol. The van der Waals surface area contributed by atoms with Crippen LogP contribution in [0, 0.1) is 11.8 Å². The topological polar surface area (TPSA) is 36.9 Å². The molecule has 202 valence electrons. The molecule has 1 saturated carbocycles. The molecule has 0 heterocycles. The van der Waals surface area contributed by atoms with Crippen LogP contribution in [0.25, 0.3) is 0 Å². The van der Waals surface area contributed by atoms with Crippen LogP contribution in [0.15, 0.2) is 22.2 Å². The van der Waals surface area contributed by atoms with Crippen molar-refractivity contribution < 1.29 is 18.3 Å². The lowest BCUT2D eigenvalue weighted by Gasteiger charge is -2.50. The molecule has 1 fully saturated rings. The fourth-order valence-electron chi connectivity index (χ4n) is 5.36. The van der Waals surface area contributed by atoms with Crippen molar-refractivity contribution in [2.24, 2.45) is 11.8 Å². The quantitative estimate of drug-likeness (QED) is 0.133. The Morgan fingerprint density at radius 1 is 0.686 bits per heavy atom. The van der Waals surface area contributed by atoms with Crippen LogP contribution in [0.4, 0.5) is 0 Å². The van der Waals surface area contributed by atoms with Crippen molar-refractivity contribution in [3.63, 3.8) is 0 Å². The highest BCUT2D eigenvalue weighted by Crippen LogP contribution is 2.76. The normalized spacial score (nSPS) is 37.3. The van der Waals surface area contributed by atoms with Crippen LogP contribution in [-0.2, 0) is 18.3 Å². The largest absolute Gasteiger partial charge is 0.410 e. The minimum absolute atomic E-state index is 0.00253. The van der Waals surface area contributed by atoms with Gasteiger partial charge in [-0.15, -0.1) is 23.2 Å². The van der Waals surface area contributed by atoms with E-state index in [0.29, 0.717) is 0 Å². The van der Waals surface area contributed by atoms with E-state index in [2.05, 4.69) is 79.9 Å². The van der Waals surface area contributed by atoms with Gasteiger partial charge in [-0.1, -0.05) is 76.9 Å². The number of hydrogen-bond donors (Lipinski definition) is 0. The lowest BCUT2D eigenvalue weighted by atomic mass is 9.72. The van der Waals surface area contributed by atoms with Crippen LogP contribution in [0.3, 0.4) is 0 Å². The Hall–Kier alpha value is 0.914. The third-order valence-corrected chi connectivity index (χ3v) is 20.9. The minimum Gasteiger partial charge on any atom is -0.410 e. The lowest BCUT2D eigenvalue weighted by Crippen LogP contribution is -2.58. The lowest BCUT2D eigenvalue weighted by molar-refractivity contribution is -0.222. The molecule has 0 aliphatic heterocycles. The van der Waals surface area contributed by atoms with Crippen molar-refractivity contribution in [1.29, 1.82) is 0 Å². The average molecular weight is 605 g/mol. The summed E-state index contributed by atoms with van der Waals surface area (Å²) in [5.41, 5.74) is 0. The van der Waals surface area contributed by atoms with Gasteiger partial charge >= 0.3 is 0 Å². The fraction of sp³-hybridized carbons (Fsp3) is 0.840. The number of halogens is 4. The number of fused-ring (bicyclic) bond motifs is 5. The molecule has 0 spiro atoms. The van der Waals surface area contributed by atoms with Crippen LogP contribution >= 0.6 is 46.4 Å². The summed E-state index contributed by atoms with van der Waals surface area (Å²) in [6.45, 7) is 22.2. The van der Waals surface area contributed by atoms with E-state index in [1.807, 2.05) is 0 Å². The van der Waals surface area contributed by atoms with Crippen molar-refractivity contribution >= 4 is 63.0 Å². The molecule has 0 radical (unpaired) electrons. The Labute approximate surface area is 234 Å². The predicted molar refractivity (Wildman–Crippen MR) is 153 cm³/mol. The van der Waals surface area contributed by atoms with E-state index in [1.165, 1.54) is 14.2 Å². The summed E-state index contributed by atoms with van der Waals surface area (Å²) < 4.78 is 26.0. The molecule has 0 unspecified atom stereocenters. The maximum absolute atomic E-state index is 7.54. The van der Waals surface area contributed by atoms with Gasteiger partial charge in [0.15, 0.2) is 16.6 Å². The van der Waals surface area contributed by atoms with E-state index >= 15 is 0 Å². The predicted octanol–water partition coefficient (Wildman–Crippen LogP) is 8.23. The third kappa shape index (κ3) is 3.95. The molecule has 3 aliphatic carbocycles. The van der Waals surface area contributed by atoms with E-state index in [-0.39, 0.29) is 44.2 Å². The zero-order valence-corrected chi connectivity index (χ0v) is 28.1. The van der Waals surface area contributed by atoms with Gasteiger partial charge in [-0.05, 0) is 36.3 Å². The van der Waals surface area contributed by atoms with Gasteiger partial charge in [0.05, 0.1) is 22.3 Å². The smallest absolute Gasteiger partial charge is 0.217 e. The van der Waals surface area contributed by atoms with Crippen LogP contribution in [0.1, 0.15) is 41.5 Å². The van der Waals surface area contributed by atoms with Gasteiger partial charge in [0.25, 0.3) is 0 Å². The van der Waals surface area contributed by atoms with E-state index < -0.39 is 32.2 Å². The van der Waals surface area contributed by atoms with Gasteiger partial charge in [-0.2, -0.15) is 0 Å². The van der Waals surface area contributed by atoms with Gasteiger partial charge in [0, 0.05) is 26.1 Å². The van der Waals surface area contributed by atoms with Crippen molar-refractivity contribution in [3.8, 4) is 0 Å². The first-order chi connectivity index (χ1) is 15.6. The highest BCUT2D eigenvalue weighted by molar-refractivity contribution is 6.74. The molecule has 0 N–H and O–H groups in total. The first-order valence-electron chi connectivity index (χ1n) is 12.2. The van der Waals surface area contributed by atoms with Crippen molar-refractivity contribution in [1.82, 2.24) is 0 Å². The van der Waals surface area contributed by atoms with E-state index in [4.69, 9.17) is 64.7 Å². The zero-order chi connectivity index (χ0) is 27.2. The first-order valence-corrected chi connectivity index (χ1v) is 19.5. The first kappa shape index (κ1) is 30.5. The molecule has 0 aromatic carbocycles.